The first-order chi connectivity index (χ1) is 9.06. The first kappa shape index (κ1) is 13.7. The van der Waals surface area contributed by atoms with Crippen LogP contribution in [0.25, 0.3) is 0 Å². The van der Waals surface area contributed by atoms with Crippen molar-refractivity contribution in [1.82, 2.24) is 9.80 Å². The quantitative estimate of drug-likeness (QED) is 0.480. The van der Waals surface area contributed by atoms with Crippen LogP contribution in [-0.4, -0.2) is 46.6 Å². The van der Waals surface area contributed by atoms with E-state index in [-0.39, 0.29) is 12.5 Å². The topological polar surface area (TPSA) is 57.7 Å². The molecule has 0 spiro atoms. The highest BCUT2D eigenvalue weighted by atomic mass is 79.9. The van der Waals surface area contributed by atoms with E-state index in [4.69, 9.17) is 0 Å². The summed E-state index contributed by atoms with van der Waals surface area (Å²) in [6.45, 7) is 0.197. The first-order valence-electron chi connectivity index (χ1n) is 5.80. The molecule has 1 atom stereocenters. The van der Waals surface area contributed by atoms with Gasteiger partial charge in [0.1, 0.15) is 0 Å². The maximum absolute atomic E-state index is 11.8. The van der Waals surface area contributed by atoms with Crippen LogP contribution in [0.1, 0.15) is 11.5 Å². The average Bonchev–Trinajstić information content (AvgIpc) is 2.62. The Morgan fingerprint density at radius 3 is 2.21 bits per heavy atom. The summed E-state index contributed by atoms with van der Waals surface area (Å²) in [5.74, 6) is -1.56. The van der Waals surface area contributed by atoms with Crippen molar-refractivity contribution in [2.75, 3.05) is 18.9 Å². The molecule has 19 heavy (non-hydrogen) atoms. The van der Waals surface area contributed by atoms with E-state index in [2.05, 4.69) is 15.9 Å². The Hall–Kier alpha value is -1.69. The summed E-state index contributed by atoms with van der Waals surface area (Å²) < 4.78 is 0. The molecule has 4 amide bonds. The van der Waals surface area contributed by atoms with Gasteiger partial charge in [0.25, 0.3) is 0 Å². The number of nitrogens with zero attached hydrogens (tertiary/aromatic N) is 2. The fourth-order valence-corrected chi connectivity index (χ4v) is 2.54. The molecule has 0 aromatic heterocycles. The van der Waals surface area contributed by atoms with Gasteiger partial charge in [-0.3, -0.25) is 19.4 Å². The largest absolute Gasteiger partial charge is 0.333 e. The molecule has 0 aliphatic carbocycles. The van der Waals surface area contributed by atoms with Crippen LogP contribution < -0.4 is 0 Å². The summed E-state index contributed by atoms with van der Waals surface area (Å²) in [4.78, 5) is 36.8. The van der Waals surface area contributed by atoms with Gasteiger partial charge in [0.05, 0.1) is 0 Å². The molecular weight excluding hydrogens is 312 g/mol. The third-order valence-corrected chi connectivity index (χ3v) is 3.89. The number of alkyl halides is 1. The molecule has 1 unspecified atom stereocenters. The molecule has 0 saturated carbocycles. The van der Waals surface area contributed by atoms with Crippen LogP contribution in [-0.2, 0) is 9.59 Å². The van der Waals surface area contributed by atoms with E-state index in [1.165, 1.54) is 7.05 Å². The van der Waals surface area contributed by atoms with Crippen molar-refractivity contribution in [1.29, 1.82) is 0 Å². The van der Waals surface area contributed by atoms with Gasteiger partial charge in [-0.25, -0.2) is 4.79 Å². The molecule has 1 aromatic rings. The molecule has 1 fully saturated rings. The van der Waals surface area contributed by atoms with Crippen molar-refractivity contribution in [2.24, 2.45) is 0 Å². The van der Waals surface area contributed by atoms with E-state index in [1.54, 1.807) is 0 Å². The zero-order chi connectivity index (χ0) is 14.0. The second-order valence-corrected chi connectivity index (χ2v) is 4.97. The fraction of sp³-hybridized carbons (Fsp3) is 0.308. The number of amides is 4. The van der Waals surface area contributed by atoms with Crippen LogP contribution in [0, 0.1) is 0 Å². The zero-order valence-electron chi connectivity index (χ0n) is 10.4. The Bertz CT molecular complexity index is 518. The number of halogens is 1. The number of urea groups is 1. The van der Waals surface area contributed by atoms with E-state index < -0.39 is 17.8 Å². The van der Waals surface area contributed by atoms with Gasteiger partial charge in [-0.2, -0.15) is 0 Å². The van der Waals surface area contributed by atoms with Gasteiger partial charge in [0.15, 0.2) is 0 Å². The Morgan fingerprint density at radius 2 is 1.74 bits per heavy atom. The van der Waals surface area contributed by atoms with Crippen LogP contribution in [0.15, 0.2) is 30.3 Å². The van der Waals surface area contributed by atoms with Gasteiger partial charge in [0, 0.05) is 24.8 Å². The van der Waals surface area contributed by atoms with Crippen molar-refractivity contribution in [2.45, 2.75) is 5.92 Å². The predicted octanol–water partition coefficient (Wildman–Crippen LogP) is 1.59. The lowest BCUT2D eigenvalue weighted by Gasteiger charge is -2.20. The van der Waals surface area contributed by atoms with Crippen molar-refractivity contribution in [3.63, 3.8) is 0 Å². The minimum atomic E-state index is -0.772. The molecule has 1 aromatic carbocycles. The molecule has 0 radical (unpaired) electrons. The minimum absolute atomic E-state index is 0.0339. The highest BCUT2D eigenvalue weighted by Gasteiger charge is 2.42. The average molecular weight is 325 g/mol. The molecule has 0 N–H and O–H groups in total. The molecule has 1 saturated heterocycles. The van der Waals surface area contributed by atoms with Gasteiger partial charge in [-0.05, 0) is 5.56 Å². The minimum Gasteiger partial charge on any atom is -0.263 e. The maximum Gasteiger partial charge on any atom is 0.333 e. The Labute approximate surface area is 119 Å². The van der Waals surface area contributed by atoms with E-state index in [0.29, 0.717) is 5.33 Å². The molecule has 1 aliphatic rings. The van der Waals surface area contributed by atoms with Gasteiger partial charge in [-0.1, -0.05) is 46.3 Å². The number of imide groups is 2. The maximum atomic E-state index is 11.8. The fourth-order valence-electron chi connectivity index (χ4n) is 1.96. The number of rotatable bonds is 4. The van der Waals surface area contributed by atoms with E-state index >= 15 is 0 Å². The standard InChI is InChI=1S/C13H13BrN2O3/c1-15-11(17)12(18)16(13(15)19)8-10(7-14)9-5-3-2-4-6-9/h2-6,10H,7-8H2,1H3. The van der Waals surface area contributed by atoms with Crippen molar-refractivity contribution in [3.8, 4) is 0 Å². The Kier molecular flexibility index (Phi) is 3.99. The lowest BCUT2D eigenvalue weighted by molar-refractivity contribution is -0.142. The van der Waals surface area contributed by atoms with E-state index in [9.17, 15) is 14.4 Å². The summed E-state index contributed by atoms with van der Waals surface area (Å²) in [5, 5.41) is 0.603. The smallest absolute Gasteiger partial charge is 0.263 e. The number of hydrogen-bond donors (Lipinski definition) is 0. The summed E-state index contributed by atoms with van der Waals surface area (Å²) in [7, 11) is 1.31. The molecule has 0 bridgehead atoms. The summed E-state index contributed by atoms with van der Waals surface area (Å²) >= 11 is 3.38. The Morgan fingerprint density at radius 1 is 1.11 bits per heavy atom. The third kappa shape index (κ3) is 2.53. The van der Waals surface area contributed by atoms with Gasteiger partial charge in [0.2, 0.25) is 0 Å². The van der Waals surface area contributed by atoms with Gasteiger partial charge >= 0.3 is 17.8 Å². The molecule has 100 valence electrons. The summed E-state index contributed by atoms with van der Waals surface area (Å²) in [5.41, 5.74) is 1.02. The van der Waals surface area contributed by atoms with Crippen LogP contribution in [0.4, 0.5) is 4.79 Å². The second-order valence-electron chi connectivity index (χ2n) is 4.32. The molecular formula is C13H13BrN2O3. The highest BCUT2D eigenvalue weighted by Crippen LogP contribution is 2.22. The molecule has 6 heteroatoms. The molecule has 2 rings (SSSR count). The number of benzene rings is 1. The van der Waals surface area contributed by atoms with Gasteiger partial charge < -0.3 is 0 Å². The lowest BCUT2D eigenvalue weighted by Crippen LogP contribution is -2.35. The zero-order valence-corrected chi connectivity index (χ0v) is 12.0. The highest BCUT2D eigenvalue weighted by molar-refractivity contribution is 9.09. The number of hydrogen-bond acceptors (Lipinski definition) is 3. The van der Waals surface area contributed by atoms with Crippen molar-refractivity contribution in [3.05, 3.63) is 35.9 Å². The molecule has 5 nitrogen and oxygen atoms in total. The Balaban J connectivity index is 2.18. The normalized spacial score (nSPS) is 17.3. The lowest BCUT2D eigenvalue weighted by atomic mass is 10.0. The van der Waals surface area contributed by atoms with Gasteiger partial charge in [-0.15, -0.1) is 0 Å². The third-order valence-electron chi connectivity index (χ3n) is 3.11. The SMILES string of the molecule is CN1C(=O)C(=O)N(CC(CBr)c2ccccc2)C1=O. The van der Waals surface area contributed by atoms with Crippen LogP contribution in [0.3, 0.4) is 0 Å². The number of likely N-dealkylation sites (N-methyl/N-ethyl adjacent to an activating group) is 1. The van der Waals surface area contributed by atoms with E-state index in [1.807, 2.05) is 30.3 Å². The predicted molar refractivity (Wildman–Crippen MR) is 72.9 cm³/mol. The molecule has 1 aliphatic heterocycles. The van der Waals surface area contributed by atoms with E-state index in [0.717, 1.165) is 15.4 Å². The molecule has 1 heterocycles. The number of carbonyl (C=O) groups is 3. The second kappa shape index (κ2) is 5.52. The summed E-state index contributed by atoms with van der Waals surface area (Å²) in [6.07, 6.45) is 0. The van der Waals surface area contributed by atoms with Crippen molar-refractivity contribution >= 4 is 33.8 Å². The monoisotopic (exact) mass is 324 g/mol. The first-order valence-corrected chi connectivity index (χ1v) is 6.92. The summed E-state index contributed by atoms with van der Waals surface area (Å²) in [6, 6.07) is 9.01. The van der Waals surface area contributed by atoms with Crippen LogP contribution >= 0.6 is 15.9 Å². The van der Waals surface area contributed by atoms with Crippen LogP contribution in [0.5, 0.6) is 0 Å². The van der Waals surface area contributed by atoms with Crippen molar-refractivity contribution < 1.29 is 14.4 Å². The van der Waals surface area contributed by atoms with Crippen LogP contribution in [0.2, 0.25) is 0 Å². The number of carbonyl (C=O) groups excluding carboxylic acids is 3.